The van der Waals surface area contributed by atoms with Gasteiger partial charge in [-0.25, -0.2) is 9.97 Å². The number of aromatic nitrogens is 2. The Balaban J connectivity index is 3.02. The van der Waals surface area contributed by atoms with Crippen LogP contribution in [0.15, 0.2) is 18.6 Å². The Morgan fingerprint density at radius 2 is 2.17 bits per heavy atom. The lowest BCUT2D eigenvalue weighted by Crippen LogP contribution is -1.94. The molecule has 0 fully saturated rings. The van der Waals surface area contributed by atoms with Crippen molar-refractivity contribution in [3.05, 3.63) is 30.0 Å². The monoisotopic (exact) mass is 160 g/mol. The summed E-state index contributed by atoms with van der Waals surface area (Å²) < 4.78 is 0. The van der Waals surface area contributed by atoms with Gasteiger partial charge >= 0.3 is 0 Å². The van der Waals surface area contributed by atoms with Crippen LogP contribution >= 0.6 is 0 Å². The Hall–Kier alpha value is -1.89. The molecule has 0 radical (unpaired) electrons. The lowest BCUT2D eigenvalue weighted by Gasteiger charge is -1.96. The van der Waals surface area contributed by atoms with E-state index in [2.05, 4.69) is 9.97 Å². The van der Waals surface area contributed by atoms with Gasteiger partial charge in [0.05, 0.1) is 5.56 Å². The molecule has 0 aliphatic rings. The van der Waals surface area contributed by atoms with Crippen molar-refractivity contribution in [1.29, 1.82) is 5.26 Å². The fourth-order valence-electron chi connectivity index (χ4n) is 0.664. The van der Waals surface area contributed by atoms with Crippen molar-refractivity contribution in [2.24, 2.45) is 5.73 Å². The zero-order valence-corrected chi connectivity index (χ0v) is 6.65. The molecule has 1 heterocycles. The molecular formula is C8H8N4. The molecule has 0 saturated carbocycles. The number of nitrogens with zero attached hydrogens (tertiary/aromatic N) is 3. The zero-order valence-electron chi connectivity index (χ0n) is 6.65. The van der Waals surface area contributed by atoms with E-state index in [4.69, 9.17) is 11.0 Å². The van der Waals surface area contributed by atoms with Gasteiger partial charge in [-0.3, -0.25) is 0 Å². The Kier molecular flexibility index (Phi) is 2.38. The third kappa shape index (κ3) is 1.58. The Morgan fingerprint density at radius 3 is 2.58 bits per heavy atom. The molecule has 0 aromatic carbocycles. The molecule has 1 aromatic rings. The van der Waals surface area contributed by atoms with Crippen molar-refractivity contribution in [1.82, 2.24) is 9.97 Å². The third-order valence-electron chi connectivity index (χ3n) is 1.38. The number of hydrogen-bond acceptors (Lipinski definition) is 4. The van der Waals surface area contributed by atoms with Gasteiger partial charge in [-0.2, -0.15) is 5.26 Å². The van der Waals surface area contributed by atoms with E-state index in [9.17, 15) is 0 Å². The van der Waals surface area contributed by atoms with E-state index in [-0.39, 0.29) is 0 Å². The first-order chi connectivity index (χ1) is 5.77. The van der Waals surface area contributed by atoms with Crippen molar-refractivity contribution >= 4 is 5.57 Å². The van der Waals surface area contributed by atoms with E-state index in [0.717, 1.165) is 5.57 Å². The van der Waals surface area contributed by atoms with E-state index in [1.807, 2.05) is 6.07 Å². The van der Waals surface area contributed by atoms with Gasteiger partial charge in [0.25, 0.3) is 0 Å². The first-order valence-electron chi connectivity index (χ1n) is 3.39. The minimum absolute atomic E-state index is 0.448. The maximum Gasteiger partial charge on any atom is 0.156 e. The molecule has 0 aliphatic carbocycles. The van der Waals surface area contributed by atoms with Crippen molar-refractivity contribution in [2.75, 3.05) is 0 Å². The lowest BCUT2D eigenvalue weighted by molar-refractivity contribution is 1.10. The van der Waals surface area contributed by atoms with E-state index in [1.165, 1.54) is 18.6 Å². The summed E-state index contributed by atoms with van der Waals surface area (Å²) in [6, 6.07) is 1.94. The Labute approximate surface area is 70.4 Å². The molecule has 0 bridgehead atoms. The van der Waals surface area contributed by atoms with Gasteiger partial charge in [-0.1, -0.05) is 0 Å². The van der Waals surface area contributed by atoms with Gasteiger partial charge in [0, 0.05) is 24.2 Å². The predicted octanol–water partition coefficient (Wildman–Crippen LogP) is 0.668. The fraction of sp³-hybridized carbons (Fsp3) is 0.125. The van der Waals surface area contributed by atoms with Gasteiger partial charge in [-0.05, 0) is 6.92 Å². The average Bonchev–Trinajstić information content (AvgIpc) is 2.17. The van der Waals surface area contributed by atoms with Crippen molar-refractivity contribution in [2.45, 2.75) is 6.92 Å². The smallest absolute Gasteiger partial charge is 0.156 e. The molecule has 0 saturated heterocycles. The van der Waals surface area contributed by atoms with E-state index < -0.39 is 0 Å². The van der Waals surface area contributed by atoms with Crippen molar-refractivity contribution < 1.29 is 0 Å². The Bertz CT molecular complexity index is 331. The summed E-state index contributed by atoms with van der Waals surface area (Å²) in [5.74, 6) is 0.552. The van der Waals surface area contributed by atoms with E-state index in [1.54, 1.807) is 6.92 Å². The molecule has 2 N–H and O–H groups in total. The van der Waals surface area contributed by atoms with E-state index in [0.29, 0.717) is 11.4 Å². The molecule has 0 aliphatic heterocycles. The highest BCUT2D eigenvalue weighted by molar-refractivity contribution is 5.56. The molecule has 1 rings (SSSR count). The second-order valence-electron chi connectivity index (χ2n) is 2.26. The van der Waals surface area contributed by atoms with Crippen LogP contribution in [-0.4, -0.2) is 9.97 Å². The molecule has 4 heteroatoms. The topological polar surface area (TPSA) is 75.6 Å². The van der Waals surface area contributed by atoms with Crippen molar-refractivity contribution in [3.63, 3.8) is 0 Å². The molecule has 0 amide bonds. The summed E-state index contributed by atoms with van der Waals surface area (Å²) in [4.78, 5) is 7.88. The molecule has 1 aromatic heterocycles. The quantitative estimate of drug-likeness (QED) is 0.655. The van der Waals surface area contributed by atoms with Crippen LogP contribution in [0.4, 0.5) is 0 Å². The minimum atomic E-state index is 0.448. The number of allylic oxidation sites excluding steroid dienone is 1. The molecule has 0 atom stereocenters. The molecule has 4 nitrogen and oxygen atoms in total. The summed E-state index contributed by atoms with van der Waals surface area (Å²) in [5, 5.41) is 8.45. The second-order valence-corrected chi connectivity index (χ2v) is 2.26. The van der Waals surface area contributed by atoms with Gasteiger partial charge in [0.1, 0.15) is 6.07 Å². The third-order valence-corrected chi connectivity index (χ3v) is 1.38. The molecule has 0 unspecified atom stereocenters. The van der Waals surface area contributed by atoms with Crippen LogP contribution in [0.3, 0.4) is 0 Å². The van der Waals surface area contributed by atoms with Crippen LogP contribution in [-0.2, 0) is 0 Å². The minimum Gasteiger partial charge on any atom is -0.404 e. The summed E-state index contributed by atoms with van der Waals surface area (Å²) in [7, 11) is 0. The Morgan fingerprint density at radius 1 is 1.58 bits per heavy atom. The first-order valence-corrected chi connectivity index (χ1v) is 3.39. The highest BCUT2D eigenvalue weighted by Gasteiger charge is 1.97. The van der Waals surface area contributed by atoms with Crippen LogP contribution in [0.1, 0.15) is 18.3 Å². The molecule has 0 spiro atoms. The van der Waals surface area contributed by atoms with E-state index >= 15 is 0 Å². The normalized spacial score (nSPS) is 10.8. The van der Waals surface area contributed by atoms with Gasteiger partial charge in [0.15, 0.2) is 5.82 Å². The highest BCUT2D eigenvalue weighted by Crippen LogP contribution is 2.04. The van der Waals surface area contributed by atoms with Crippen LogP contribution < -0.4 is 5.73 Å². The summed E-state index contributed by atoms with van der Waals surface area (Å²) in [5.41, 5.74) is 6.51. The van der Waals surface area contributed by atoms with Crippen LogP contribution in [0, 0.1) is 11.3 Å². The number of hydrogen-bond donors (Lipinski definition) is 1. The summed E-state index contributed by atoms with van der Waals surface area (Å²) in [6.45, 7) is 1.81. The number of nitrogens with two attached hydrogens (primary N) is 1. The first kappa shape index (κ1) is 8.21. The highest BCUT2D eigenvalue weighted by atomic mass is 14.9. The molecule has 12 heavy (non-hydrogen) atoms. The standard InChI is InChI=1S/C8H8N4/c1-6(2-9)8-11-4-7(3-10)5-12-8/h2,4-5H,9H2,1H3/b6-2-. The molecule has 60 valence electrons. The zero-order chi connectivity index (χ0) is 8.97. The predicted molar refractivity (Wildman–Crippen MR) is 44.6 cm³/mol. The van der Waals surface area contributed by atoms with Crippen LogP contribution in [0.5, 0.6) is 0 Å². The van der Waals surface area contributed by atoms with Gasteiger partial charge in [-0.15, -0.1) is 0 Å². The SMILES string of the molecule is C/C(=C/N)c1ncc(C#N)cn1. The largest absolute Gasteiger partial charge is 0.404 e. The van der Waals surface area contributed by atoms with Gasteiger partial charge in [0.2, 0.25) is 0 Å². The fourth-order valence-corrected chi connectivity index (χ4v) is 0.664. The van der Waals surface area contributed by atoms with Crippen LogP contribution in [0.2, 0.25) is 0 Å². The second kappa shape index (κ2) is 3.49. The van der Waals surface area contributed by atoms with Crippen molar-refractivity contribution in [3.8, 4) is 6.07 Å². The lowest BCUT2D eigenvalue weighted by atomic mass is 10.3. The number of rotatable bonds is 1. The van der Waals surface area contributed by atoms with Crippen LogP contribution in [0.25, 0.3) is 5.57 Å². The average molecular weight is 160 g/mol. The number of nitriles is 1. The summed E-state index contributed by atoms with van der Waals surface area (Å²) >= 11 is 0. The van der Waals surface area contributed by atoms with Gasteiger partial charge < -0.3 is 5.73 Å². The maximum absolute atomic E-state index is 8.45. The molecular weight excluding hydrogens is 152 g/mol. The summed E-state index contributed by atoms with van der Waals surface area (Å²) in [6.07, 6.45) is 4.37. The maximum atomic E-state index is 8.45.